The minimum atomic E-state index is -3.64. The van der Waals surface area contributed by atoms with E-state index in [1.165, 1.54) is 12.1 Å². The number of nitrogens with one attached hydrogen (secondary N) is 1. The van der Waals surface area contributed by atoms with Crippen LogP contribution in [-0.4, -0.2) is 26.2 Å². The molecule has 0 spiro atoms. The number of aliphatic hydroxyl groups is 1. The van der Waals surface area contributed by atoms with Crippen LogP contribution in [0.15, 0.2) is 29.2 Å². The van der Waals surface area contributed by atoms with E-state index >= 15 is 0 Å². The fourth-order valence-corrected chi connectivity index (χ4v) is 2.78. The Balaban J connectivity index is 3.02. The maximum Gasteiger partial charge on any atom is 0.242 e. The van der Waals surface area contributed by atoms with E-state index in [1.807, 2.05) is 0 Å². The molecule has 1 aromatic rings. The van der Waals surface area contributed by atoms with Crippen molar-refractivity contribution in [1.29, 1.82) is 0 Å². The highest BCUT2D eigenvalue weighted by atomic mass is 35.5. The summed E-state index contributed by atoms with van der Waals surface area (Å²) in [5.41, 5.74) is 0. The molecular formula is C9H12ClNO3S. The van der Waals surface area contributed by atoms with E-state index in [-0.39, 0.29) is 16.5 Å². The van der Waals surface area contributed by atoms with Crippen LogP contribution >= 0.6 is 11.6 Å². The molecule has 0 bridgehead atoms. The van der Waals surface area contributed by atoms with E-state index < -0.39 is 16.1 Å². The molecule has 0 heterocycles. The molecule has 2 N–H and O–H groups in total. The summed E-state index contributed by atoms with van der Waals surface area (Å²) in [4.78, 5) is 0.0203. The van der Waals surface area contributed by atoms with Crippen molar-refractivity contribution in [1.82, 2.24) is 4.72 Å². The van der Waals surface area contributed by atoms with Crippen LogP contribution in [0.25, 0.3) is 0 Å². The molecule has 15 heavy (non-hydrogen) atoms. The summed E-state index contributed by atoms with van der Waals surface area (Å²) in [5.74, 6) is 0. The lowest BCUT2D eigenvalue weighted by molar-refractivity contribution is 0.265. The molecule has 0 amide bonds. The predicted octanol–water partition coefficient (Wildman–Crippen LogP) is 0.999. The van der Waals surface area contributed by atoms with Crippen molar-refractivity contribution in [3.05, 3.63) is 29.3 Å². The molecule has 84 valence electrons. The van der Waals surface area contributed by atoms with Gasteiger partial charge in [0.05, 0.1) is 11.6 Å². The van der Waals surface area contributed by atoms with Gasteiger partial charge in [-0.1, -0.05) is 23.7 Å². The molecule has 0 aromatic heterocycles. The molecule has 1 rings (SSSR count). The summed E-state index contributed by atoms with van der Waals surface area (Å²) in [6.45, 7) is 1.30. The number of sulfonamides is 1. The summed E-state index contributed by atoms with van der Waals surface area (Å²) in [6.07, 6.45) is 0. The molecule has 0 aliphatic heterocycles. The lowest BCUT2D eigenvalue weighted by Crippen LogP contribution is -2.35. The molecular weight excluding hydrogens is 238 g/mol. The first-order valence-corrected chi connectivity index (χ1v) is 6.21. The normalized spacial score (nSPS) is 13.8. The third-order valence-corrected chi connectivity index (χ3v) is 3.85. The summed E-state index contributed by atoms with van der Waals surface area (Å²) in [5, 5.41) is 8.92. The third-order valence-electron chi connectivity index (χ3n) is 1.76. The standard InChI is InChI=1S/C9H12ClNO3S/c1-7(6-12)11-15(13,14)9-5-3-2-4-8(9)10/h2-5,7,11-12H,6H2,1H3/t7-/m0/s1. The van der Waals surface area contributed by atoms with Crippen molar-refractivity contribution in [3.63, 3.8) is 0 Å². The fraction of sp³-hybridized carbons (Fsp3) is 0.333. The van der Waals surface area contributed by atoms with E-state index in [9.17, 15) is 8.42 Å². The monoisotopic (exact) mass is 249 g/mol. The Morgan fingerprint density at radius 1 is 1.47 bits per heavy atom. The van der Waals surface area contributed by atoms with Crippen LogP contribution < -0.4 is 4.72 Å². The highest BCUT2D eigenvalue weighted by Crippen LogP contribution is 2.20. The number of hydrogen-bond acceptors (Lipinski definition) is 3. The van der Waals surface area contributed by atoms with Gasteiger partial charge in [-0.05, 0) is 19.1 Å². The van der Waals surface area contributed by atoms with Gasteiger partial charge in [0.25, 0.3) is 0 Å². The highest BCUT2D eigenvalue weighted by molar-refractivity contribution is 7.89. The van der Waals surface area contributed by atoms with Crippen LogP contribution in [0.3, 0.4) is 0 Å². The Morgan fingerprint density at radius 3 is 2.60 bits per heavy atom. The van der Waals surface area contributed by atoms with Gasteiger partial charge in [-0.25, -0.2) is 13.1 Å². The zero-order valence-corrected chi connectivity index (χ0v) is 9.72. The first-order chi connectivity index (χ1) is 6.97. The van der Waals surface area contributed by atoms with Crippen molar-refractivity contribution in [2.24, 2.45) is 0 Å². The van der Waals surface area contributed by atoms with Gasteiger partial charge in [0.15, 0.2) is 0 Å². The third kappa shape index (κ3) is 3.17. The molecule has 0 saturated heterocycles. The van der Waals surface area contributed by atoms with Crippen molar-refractivity contribution >= 4 is 21.6 Å². The number of hydrogen-bond donors (Lipinski definition) is 2. The minimum Gasteiger partial charge on any atom is -0.395 e. The van der Waals surface area contributed by atoms with Crippen LogP contribution in [0.5, 0.6) is 0 Å². The van der Waals surface area contributed by atoms with Gasteiger partial charge < -0.3 is 5.11 Å². The molecule has 0 aliphatic carbocycles. The van der Waals surface area contributed by atoms with Crippen LogP contribution in [0.1, 0.15) is 6.92 Å². The quantitative estimate of drug-likeness (QED) is 0.837. The van der Waals surface area contributed by atoms with Crippen molar-refractivity contribution in [3.8, 4) is 0 Å². The Hall–Kier alpha value is -0.620. The first-order valence-electron chi connectivity index (χ1n) is 4.35. The molecule has 1 aromatic carbocycles. The predicted molar refractivity (Wildman–Crippen MR) is 58.3 cm³/mol. The molecule has 6 heteroatoms. The van der Waals surface area contributed by atoms with Crippen LogP contribution in [-0.2, 0) is 10.0 Å². The van der Waals surface area contributed by atoms with Crippen LogP contribution in [0.2, 0.25) is 5.02 Å². The molecule has 0 saturated carbocycles. The highest BCUT2D eigenvalue weighted by Gasteiger charge is 2.19. The van der Waals surface area contributed by atoms with Gasteiger partial charge in [-0.15, -0.1) is 0 Å². The fourth-order valence-electron chi connectivity index (χ4n) is 1.03. The number of aliphatic hydroxyl groups excluding tert-OH is 1. The molecule has 4 nitrogen and oxygen atoms in total. The van der Waals surface area contributed by atoms with Gasteiger partial charge in [0.1, 0.15) is 4.90 Å². The van der Waals surface area contributed by atoms with Gasteiger partial charge in [0.2, 0.25) is 10.0 Å². The van der Waals surface area contributed by atoms with E-state index in [2.05, 4.69) is 4.72 Å². The van der Waals surface area contributed by atoms with E-state index in [0.717, 1.165) is 0 Å². The summed E-state index contributed by atoms with van der Waals surface area (Å²) in [6, 6.07) is 5.61. The maximum absolute atomic E-state index is 11.7. The Bertz CT molecular complexity index is 433. The second-order valence-corrected chi connectivity index (χ2v) is 5.22. The lowest BCUT2D eigenvalue weighted by atomic mass is 10.4. The second-order valence-electron chi connectivity index (χ2n) is 3.14. The molecule has 0 fully saturated rings. The lowest BCUT2D eigenvalue weighted by Gasteiger charge is -2.12. The zero-order chi connectivity index (χ0) is 11.5. The smallest absolute Gasteiger partial charge is 0.242 e. The maximum atomic E-state index is 11.7. The van der Waals surface area contributed by atoms with E-state index in [4.69, 9.17) is 16.7 Å². The van der Waals surface area contributed by atoms with E-state index in [1.54, 1.807) is 19.1 Å². The summed E-state index contributed by atoms with van der Waals surface area (Å²) >= 11 is 5.75. The van der Waals surface area contributed by atoms with Crippen molar-refractivity contribution in [2.45, 2.75) is 17.9 Å². The summed E-state index contributed by atoms with van der Waals surface area (Å²) in [7, 11) is -3.64. The topological polar surface area (TPSA) is 66.4 Å². The Morgan fingerprint density at radius 2 is 2.07 bits per heavy atom. The molecule has 0 aliphatic rings. The number of benzene rings is 1. The molecule has 0 unspecified atom stereocenters. The van der Waals surface area contributed by atoms with E-state index in [0.29, 0.717) is 0 Å². The zero-order valence-electron chi connectivity index (χ0n) is 8.14. The number of halogens is 1. The molecule has 1 atom stereocenters. The van der Waals surface area contributed by atoms with Gasteiger partial charge in [-0.3, -0.25) is 0 Å². The van der Waals surface area contributed by atoms with Gasteiger partial charge in [-0.2, -0.15) is 0 Å². The van der Waals surface area contributed by atoms with Crippen molar-refractivity contribution < 1.29 is 13.5 Å². The van der Waals surface area contributed by atoms with Crippen LogP contribution in [0, 0.1) is 0 Å². The van der Waals surface area contributed by atoms with Gasteiger partial charge in [0, 0.05) is 6.04 Å². The van der Waals surface area contributed by atoms with Crippen molar-refractivity contribution in [2.75, 3.05) is 6.61 Å². The Kier molecular flexibility index (Phi) is 4.10. The largest absolute Gasteiger partial charge is 0.395 e. The average molecular weight is 250 g/mol. The average Bonchev–Trinajstić information content (AvgIpc) is 2.17. The SMILES string of the molecule is C[C@@H](CO)NS(=O)(=O)c1ccccc1Cl. The van der Waals surface area contributed by atoms with Crippen LogP contribution in [0.4, 0.5) is 0 Å². The Labute approximate surface area is 93.9 Å². The van der Waals surface area contributed by atoms with Gasteiger partial charge >= 0.3 is 0 Å². The number of rotatable bonds is 4. The first kappa shape index (κ1) is 12.4. The second kappa shape index (κ2) is 4.94. The molecule has 0 radical (unpaired) electrons. The summed E-state index contributed by atoms with van der Waals surface area (Å²) < 4.78 is 25.7. The minimum absolute atomic E-state index is 0.0203.